The van der Waals surface area contributed by atoms with Crippen LogP contribution in [-0.4, -0.2) is 57.6 Å². The smallest absolute Gasteiger partial charge is 0.244 e. The number of nitrogens with one attached hydrogen (secondary N) is 1. The summed E-state index contributed by atoms with van der Waals surface area (Å²) in [7, 11) is -2.56. The number of anilines is 1. The number of nitrogens with zero attached hydrogens (tertiary/aromatic N) is 2. The lowest BCUT2D eigenvalue weighted by atomic mass is 10.1. The Morgan fingerprint density at radius 3 is 2.29 bits per heavy atom. The molecule has 0 aliphatic heterocycles. The second-order valence-electron chi connectivity index (χ2n) is 7.81. The maximum absolute atomic E-state index is 13.6. The molecule has 0 aliphatic rings. The molecule has 0 spiro atoms. The number of methoxy groups -OCH3 is 1. The lowest BCUT2D eigenvalue weighted by molar-refractivity contribution is -0.139. The highest BCUT2D eigenvalue weighted by molar-refractivity contribution is 7.92. The van der Waals surface area contributed by atoms with Gasteiger partial charge in [0.15, 0.2) is 0 Å². The van der Waals surface area contributed by atoms with Crippen LogP contribution in [0.4, 0.5) is 5.69 Å². The summed E-state index contributed by atoms with van der Waals surface area (Å²) in [5.74, 6) is -0.784. The number of hydrogen-bond donors (Lipinski definition) is 1. The average molecular weight is 565 g/mol. The summed E-state index contributed by atoms with van der Waals surface area (Å²) in [4.78, 5) is 27.6. The van der Waals surface area contributed by atoms with Gasteiger partial charge in [-0.3, -0.25) is 13.9 Å². The first-order valence-corrected chi connectivity index (χ1v) is 13.7. The van der Waals surface area contributed by atoms with Gasteiger partial charge in [-0.1, -0.05) is 47.8 Å². The van der Waals surface area contributed by atoms with Gasteiger partial charge in [0, 0.05) is 28.2 Å². The summed E-state index contributed by atoms with van der Waals surface area (Å²) in [5.41, 5.74) is 0.647. The first-order valence-electron chi connectivity index (χ1n) is 10.7. The number of carbonyl (C=O) groups excluding carboxylic acids is 2. The Morgan fingerprint density at radius 2 is 1.71 bits per heavy atom. The second-order valence-corrected chi connectivity index (χ2v) is 11.0. The minimum absolute atomic E-state index is 0.0418. The monoisotopic (exact) mass is 563 g/mol. The highest BCUT2D eigenvalue weighted by atomic mass is 35.5. The van der Waals surface area contributed by atoms with Crippen LogP contribution in [0.3, 0.4) is 0 Å². The van der Waals surface area contributed by atoms with Gasteiger partial charge in [0.05, 0.1) is 19.1 Å². The van der Waals surface area contributed by atoms with Crippen LogP contribution in [-0.2, 0) is 26.2 Å². The van der Waals surface area contributed by atoms with Crippen LogP contribution in [0.5, 0.6) is 5.75 Å². The predicted molar refractivity (Wildman–Crippen MR) is 140 cm³/mol. The van der Waals surface area contributed by atoms with Gasteiger partial charge in [-0.05, 0) is 49.2 Å². The van der Waals surface area contributed by atoms with Gasteiger partial charge in [0.25, 0.3) is 0 Å². The zero-order valence-electron chi connectivity index (χ0n) is 19.8. The molecule has 1 atom stereocenters. The standard InChI is InChI=1S/C23H28Cl3N3O5S/c1-5-10-27-23(31)15(2)28(13-16-6-7-17(24)11-19(16)26)22(30)14-29(35(4,32)33)20-12-18(25)8-9-21(20)34-3/h6-9,11-12,15H,5,10,13-14H2,1-4H3,(H,27,31)/t15-/m1/s1. The van der Waals surface area contributed by atoms with Gasteiger partial charge < -0.3 is 15.0 Å². The fourth-order valence-corrected chi connectivity index (χ4v) is 4.74. The Morgan fingerprint density at radius 1 is 1.09 bits per heavy atom. The van der Waals surface area contributed by atoms with Crippen LogP contribution in [0.2, 0.25) is 15.1 Å². The molecule has 0 radical (unpaired) electrons. The molecule has 1 N–H and O–H groups in total. The van der Waals surface area contributed by atoms with Gasteiger partial charge in [0.1, 0.15) is 18.3 Å². The number of halogens is 3. The third kappa shape index (κ3) is 7.90. The molecule has 0 saturated carbocycles. The predicted octanol–water partition coefficient (Wildman–Crippen LogP) is 4.36. The van der Waals surface area contributed by atoms with Crippen LogP contribution in [0.1, 0.15) is 25.8 Å². The molecular weight excluding hydrogens is 537 g/mol. The van der Waals surface area contributed by atoms with Crippen LogP contribution < -0.4 is 14.4 Å². The van der Waals surface area contributed by atoms with Crippen LogP contribution in [0.15, 0.2) is 36.4 Å². The van der Waals surface area contributed by atoms with E-state index in [-0.39, 0.29) is 28.9 Å². The van der Waals surface area contributed by atoms with Crippen molar-refractivity contribution in [2.75, 3.05) is 30.8 Å². The van der Waals surface area contributed by atoms with Crippen molar-refractivity contribution in [2.45, 2.75) is 32.9 Å². The van der Waals surface area contributed by atoms with Crippen molar-refractivity contribution in [2.24, 2.45) is 0 Å². The molecule has 0 fully saturated rings. The number of amides is 2. The van der Waals surface area contributed by atoms with Crippen molar-refractivity contribution in [3.63, 3.8) is 0 Å². The van der Waals surface area contributed by atoms with Crippen molar-refractivity contribution in [3.8, 4) is 5.75 Å². The molecule has 0 bridgehead atoms. The molecule has 8 nitrogen and oxygen atoms in total. The molecule has 35 heavy (non-hydrogen) atoms. The summed E-state index contributed by atoms with van der Waals surface area (Å²) < 4.78 is 31.6. The lowest BCUT2D eigenvalue weighted by Crippen LogP contribution is -2.51. The van der Waals surface area contributed by atoms with Crippen molar-refractivity contribution < 1.29 is 22.7 Å². The first-order chi connectivity index (χ1) is 16.4. The summed E-state index contributed by atoms with van der Waals surface area (Å²) in [6.45, 7) is 3.27. The van der Waals surface area contributed by atoms with E-state index in [4.69, 9.17) is 39.5 Å². The van der Waals surface area contributed by atoms with Crippen molar-refractivity contribution in [1.29, 1.82) is 0 Å². The molecule has 192 valence electrons. The molecule has 2 aromatic rings. The van der Waals surface area contributed by atoms with Crippen molar-refractivity contribution in [3.05, 3.63) is 57.0 Å². The molecule has 0 saturated heterocycles. The van der Waals surface area contributed by atoms with Crippen molar-refractivity contribution >= 4 is 62.3 Å². The molecule has 2 aromatic carbocycles. The van der Waals surface area contributed by atoms with Gasteiger partial charge in [-0.25, -0.2) is 8.42 Å². The fraction of sp³-hybridized carbons (Fsp3) is 0.391. The second kappa shape index (κ2) is 12.7. The minimum Gasteiger partial charge on any atom is -0.495 e. The van der Waals surface area contributed by atoms with E-state index >= 15 is 0 Å². The number of hydrogen-bond acceptors (Lipinski definition) is 5. The zero-order chi connectivity index (χ0) is 26.3. The number of rotatable bonds is 11. The van der Waals surface area contributed by atoms with Gasteiger partial charge in [0.2, 0.25) is 21.8 Å². The summed E-state index contributed by atoms with van der Waals surface area (Å²) in [6.07, 6.45) is 1.68. The highest BCUT2D eigenvalue weighted by Gasteiger charge is 2.31. The maximum Gasteiger partial charge on any atom is 0.244 e. The molecule has 0 heterocycles. The molecule has 0 unspecified atom stereocenters. The third-order valence-corrected chi connectivity index (χ3v) is 7.11. The van der Waals surface area contributed by atoms with E-state index in [1.165, 1.54) is 30.2 Å². The molecule has 12 heteroatoms. The summed E-state index contributed by atoms with van der Waals surface area (Å²) >= 11 is 18.4. The van der Waals surface area contributed by atoms with Crippen LogP contribution >= 0.6 is 34.8 Å². The van der Waals surface area contributed by atoms with E-state index in [0.29, 0.717) is 28.6 Å². The Bertz CT molecular complexity index is 1180. The van der Waals surface area contributed by atoms with E-state index in [2.05, 4.69) is 5.32 Å². The molecule has 0 aliphatic carbocycles. The quantitative estimate of drug-likeness (QED) is 0.437. The maximum atomic E-state index is 13.6. The topological polar surface area (TPSA) is 96.0 Å². The highest BCUT2D eigenvalue weighted by Crippen LogP contribution is 2.33. The number of benzene rings is 2. The van der Waals surface area contributed by atoms with Crippen molar-refractivity contribution in [1.82, 2.24) is 10.2 Å². The van der Waals surface area contributed by atoms with E-state index in [9.17, 15) is 18.0 Å². The van der Waals surface area contributed by atoms with Gasteiger partial charge in [-0.2, -0.15) is 0 Å². The molecular formula is C23H28Cl3N3O5S. The number of carbonyl (C=O) groups is 2. The van der Waals surface area contributed by atoms with E-state index in [1.807, 2.05) is 6.92 Å². The number of sulfonamides is 1. The normalized spacial score (nSPS) is 12.1. The molecule has 2 amide bonds. The Labute approximate surface area is 221 Å². The van der Waals surface area contributed by atoms with Gasteiger partial charge in [-0.15, -0.1) is 0 Å². The Balaban J connectivity index is 2.48. The lowest BCUT2D eigenvalue weighted by Gasteiger charge is -2.32. The Kier molecular flexibility index (Phi) is 10.5. The minimum atomic E-state index is -3.94. The zero-order valence-corrected chi connectivity index (χ0v) is 22.9. The molecule has 0 aromatic heterocycles. The number of ether oxygens (including phenoxy) is 1. The first kappa shape index (κ1) is 29.0. The van der Waals surface area contributed by atoms with Crippen LogP contribution in [0.25, 0.3) is 0 Å². The average Bonchev–Trinajstić information content (AvgIpc) is 2.79. The SMILES string of the molecule is CCCNC(=O)[C@@H](C)N(Cc1ccc(Cl)cc1Cl)C(=O)CN(c1cc(Cl)ccc1OC)S(C)(=O)=O. The Hall–Kier alpha value is -2.20. The van der Waals surface area contributed by atoms with E-state index in [0.717, 1.165) is 10.6 Å². The largest absolute Gasteiger partial charge is 0.495 e. The summed E-state index contributed by atoms with van der Waals surface area (Å²) in [6, 6.07) is 8.33. The summed E-state index contributed by atoms with van der Waals surface area (Å²) in [5, 5.41) is 3.76. The van der Waals surface area contributed by atoms with E-state index in [1.54, 1.807) is 25.1 Å². The third-order valence-electron chi connectivity index (χ3n) is 5.16. The fourth-order valence-electron chi connectivity index (χ4n) is 3.26. The molecule has 2 rings (SSSR count). The van der Waals surface area contributed by atoms with E-state index < -0.39 is 28.5 Å². The van der Waals surface area contributed by atoms with Gasteiger partial charge >= 0.3 is 0 Å². The van der Waals surface area contributed by atoms with Crippen LogP contribution in [0, 0.1) is 0 Å².